The van der Waals surface area contributed by atoms with Crippen LogP contribution < -0.4 is 10.5 Å². The lowest BCUT2D eigenvalue weighted by molar-refractivity contribution is -0.130. The number of nitrogens with zero attached hydrogens (tertiary/aromatic N) is 2. The summed E-state index contributed by atoms with van der Waals surface area (Å²) >= 11 is 0. The van der Waals surface area contributed by atoms with Crippen molar-refractivity contribution in [3.8, 4) is 5.75 Å². The number of rotatable bonds is 12. The highest BCUT2D eigenvalue weighted by Gasteiger charge is 2.43. The zero-order chi connectivity index (χ0) is 29.4. The molecule has 0 bridgehead atoms. The molecule has 2 aromatic rings. The number of benzene rings is 2. The first-order valence-electron chi connectivity index (χ1n) is 16.0. The number of carbonyl (C=O) groups excluding carboxylic acids is 2. The molecule has 6 nitrogen and oxygen atoms in total. The van der Waals surface area contributed by atoms with E-state index < -0.39 is 0 Å². The van der Waals surface area contributed by atoms with Gasteiger partial charge in [0, 0.05) is 26.2 Å². The maximum Gasteiger partial charge on any atom is 0.221 e. The van der Waals surface area contributed by atoms with Crippen LogP contribution in [0.3, 0.4) is 0 Å². The highest BCUT2D eigenvalue weighted by Crippen LogP contribution is 2.49. The van der Waals surface area contributed by atoms with Gasteiger partial charge in [0.15, 0.2) is 0 Å². The summed E-state index contributed by atoms with van der Waals surface area (Å²) in [6, 6.07) is 18.8. The van der Waals surface area contributed by atoms with Crippen molar-refractivity contribution in [1.29, 1.82) is 0 Å². The Labute approximate surface area is 251 Å². The van der Waals surface area contributed by atoms with Gasteiger partial charge in [-0.1, -0.05) is 61.7 Å². The normalized spacial score (nSPS) is 22.1. The minimum absolute atomic E-state index is 0.176. The molecule has 2 fully saturated rings. The van der Waals surface area contributed by atoms with Crippen LogP contribution in [-0.2, 0) is 16.0 Å². The predicted molar refractivity (Wildman–Crippen MR) is 169 cm³/mol. The van der Waals surface area contributed by atoms with Gasteiger partial charge < -0.3 is 15.4 Å². The SMILES string of the molecule is CC(=O)N1CCC(C2=CC=NC2(CCCOc2cccc(CC(N)=O)c2)CC(c2ccccc2)C2CCCCC2)CC1. The predicted octanol–water partition coefficient (Wildman–Crippen LogP) is 6.64. The molecule has 1 saturated carbocycles. The first kappa shape index (κ1) is 30.1. The summed E-state index contributed by atoms with van der Waals surface area (Å²) in [6.45, 7) is 3.92. The smallest absolute Gasteiger partial charge is 0.221 e. The number of hydrogen-bond donors (Lipinski definition) is 1. The topological polar surface area (TPSA) is 85.0 Å². The summed E-state index contributed by atoms with van der Waals surface area (Å²) in [4.78, 5) is 30.7. The number of primary amides is 1. The van der Waals surface area contributed by atoms with E-state index in [-0.39, 0.29) is 23.8 Å². The van der Waals surface area contributed by atoms with Gasteiger partial charge in [0.25, 0.3) is 0 Å². The third-order valence-electron chi connectivity index (χ3n) is 9.78. The molecule has 2 unspecified atom stereocenters. The molecule has 224 valence electrons. The monoisotopic (exact) mass is 569 g/mol. The average Bonchev–Trinajstić information content (AvgIpc) is 3.42. The Kier molecular flexibility index (Phi) is 10.1. The van der Waals surface area contributed by atoms with Crippen molar-refractivity contribution in [3.05, 3.63) is 77.4 Å². The molecule has 2 atom stereocenters. The average molecular weight is 570 g/mol. The van der Waals surface area contributed by atoms with Gasteiger partial charge in [-0.15, -0.1) is 0 Å². The Morgan fingerprint density at radius 1 is 1.02 bits per heavy atom. The molecule has 2 aromatic carbocycles. The van der Waals surface area contributed by atoms with Gasteiger partial charge in [-0.25, -0.2) is 0 Å². The Hall–Kier alpha value is -3.41. The van der Waals surface area contributed by atoms with Crippen molar-refractivity contribution in [2.75, 3.05) is 19.7 Å². The minimum Gasteiger partial charge on any atom is -0.494 e. The van der Waals surface area contributed by atoms with Crippen LogP contribution in [0.25, 0.3) is 0 Å². The van der Waals surface area contributed by atoms with Crippen LogP contribution >= 0.6 is 0 Å². The largest absolute Gasteiger partial charge is 0.494 e. The van der Waals surface area contributed by atoms with E-state index in [0.717, 1.165) is 56.5 Å². The molecule has 0 spiro atoms. The molecule has 2 heterocycles. The third kappa shape index (κ3) is 7.50. The highest BCUT2D eigenvalue weighted by molar-refractivity contribution is 5.78. The summed E-state index contributed by atoms with van der Waals surface area (Å²) in [5, 5.41) is 0. The first-order valence-corrected chi connectivity index (χ1v) is 16.0. The fourth-order valence-corrected chi connectivity index (χ4v) is 7.65. The molecule has 3 aliphatic rings. The maximum absolute atomic E-state index is 12.0. The zero-order valence-electron chi connectivity index (χ0n) is 25.2. The lowest BCUT2D eigenvalue weighted by Crippen LogP contribution is -2.41. The van der Waals surface area contributed by atoms with Crippen molar-refractivity contribution in [3.63, 3.8) is 0 Å². The van der Waals surface area contributed by atoms with Crippen molar-refractivity contribution in [2.24, 2.45) is 22.6 Å². The number of amides is 2. The standard InChI is InChI=1S/C36H47N3O3/c1-27(40)39-21-17-31(18-22-39)34-16-20-38-36(34,19-9-23-42-32-15-8-10-28(24-32)25-35(37)41)26-33(29-11-4-2-5-12-29)30-13-6-3-7-14-30/h2,4-5,8,10-12,15-16,20,24,30-31,33H,3,6-7,9,13-14,17-19,21-23,25-26H2,1H3,(H2,37,41). The second-order valence-electron chi connectivity index (χ2n) is 12.6. The second kappa shape index (κ2) is 14.2. The van der Waals surface area contributed by atoms with E-state index in [1.165, 1.54) is 43.2 Å². The fraction of sp³-hybridized carbons (Fsp3) is 0.528. The molecular formula is C36H47N3O3. The van der Waals surface area contributed by atoms with Crippen molar-refractivity contribution >= 4 is 18.0 Å². The second-order valence-corrected chi connectivity index (χ2v) is 12.6. The molecule has 1 saturated heterocycles. The molecule has 2 N–H and O–H groups in total. The third-order valence-corrected chi connectivity index (χ3v) is 9.78. The summed E-state index contributed by atoms with van der Waals surface area (Å²) in [5.41, 5.74) is 8.92. The van der Waals surface area contributed by atoms with E-state index in [2.05, 4.69) is 42.6 Å². The Morgan fingerprint density at radius 2 is 1.79 bits per heavy atom. The van der Waals surface area contributed by atoms with Gasteiger partial charge in [-0.2, -0.15) is 0 Å². The zero-order valence-corrected chi connectivity index (χ0v) is 25.2. The Morgan fingerprint density at radius 3 is 2.50 bits per heavy atom. The molecule has 1 aliphatic carbocycles. The van der Waals surface area contributed by atoms with Gasteiger partial charge in [0.2, 0.25) is 11.8 Å². The van der Waals surface area contributed by atoms with Gasteiger partial charge >= 0.3 is 0 Å². The molecule has 0 radical (unpaired) electrons. The fourth-order valence-electron chi connectivity index (χ4n) is 7.65. The van der Waals surface area contributed by atoms with E-state index >= 15 is 0 Å². The number of allylic oxidation sites excluding steroid dienone is 1. The van der Waals surface area contributed by atoms with Crippen LogP contribution in [0.4, 0.5) is 0 Å². The quantitative estimate of drug-likeness (QED) is 0.291. The van der Waals surface area contributed by atoms with Crippen molar-refractivity contribution < 1.29 is 14.3 Å². The van der Waals surface area contributed by atoms with Crippen molar-refractivity contribution in [1.82, 2.24) is 4.90 Å². The van der Waals surface area contributed by atoms with E-state index in [0.29, 0.717) is 24.4 Å². The first-order chi connectivity index (χ1) is 20.4. The van der Waals surface area contributed by atoms with Crippen molar-refractivity contribution in [2.45, 2.75) is 89.0 Å². The van der Waals surface area contributed by atoms with E-state index in [1.54, 1.807) is 6.92 Å². The van der Waals surface area contributed by atoms with Crippen LogP contribution in [-0.4, -0.2) is 48.2 Å². The van der Waals surface area contributed by atoms with E-state index in [9.17, 15) is 9.59 Å². The van der Waals surface area contributed by atoms with Crippen LogP contribution in [0.1, 0.15) is 88.2 Å². The molecule has 42 heavy (non-hydrogen) atoms. The van der Waals surface area contributed by atoms with Gasteiger partial charge in [-0.05, 0) is 97.6 Å². The molecule has 2 aliphatic heterocycles. The summed E-state index contributed by atoms with van der Waals surface area (Å²) in [7, 11) is 0. The summed E-state index contributed by atoms with van der Waals surface area (Å²) in [5.74, 6) is 2.20. The number of carbonyl (C=O) groups is 2. The summed E-state index contributed by atoms with van der Waals surface area (Å²) < 4.78 is 6.19. The Bertz CT molecular complexity index is 1260. The number of hydrogen-bond acceptors (Lipinski definition) is 4. The van der Waals surface area contributed by atoms with Gasteiger partial charge in [-0.3, -0.25) is 14.6 Å². The Balaban J connectivity index is 1.35. The number of piperidine rings is 1. The molecule has 2 amide bonds. The number of likely N-dealkylation sites (tertiary alicyclic amines) is 1. The van der Waals surface area contributed by atoms with Gasteiger partial charge in [0.1, 0.15) is 5.75 Å². The summed E-state index contributed by atoms with van der Waals surface area (Å²) in [6.07, 6.45) is 16.0. The van der Waals surface area contributed by atoms with Crippen LogP contribution in [0, 0.1) is 11.8 Å². The lowest BCUT2D eigenvalue weighted by Gasteiger charge is -2.42. The van der Waals surface area contributed by atoms with Crippen LogP contribution in [0.2, 0.25) is 0 Å². The number of aliphatic imine (C=N–C) groups is 1. The van der Waals surface area contributed by atoms with E-state index in [4.69, 9.17) is 15.5 Å². The molecular weight excluding hydrogens is 522 g/mol. The molecule has 5 rings (SSSR count). The number of nitrogens with two attached hydrogens (primary N) is 1. The minimum atomic E-state index is -0.340. The van der Waals surface area contributed by atoms with E-state index in [1.807, 2.05) is 29.2 Å². The molecule has 6 heteroatoms. The van der Waals surface area contributed by atoms with Crippen LogP contribution in [0.15, 0.2) is 71.2 Å². The molecule has 0 aromatic heterocycles. The van der Waals surface area contributed by atoms with Crippen LogP contribution in [0.5, 0.6) is 5.75 Å². The van der Waals surface area contributed by atoms with Gasteiger partial charge in [0.05, 0.1) is 18.6 Å². The maximum atomic E-state index is 12.0. The number of ether oxygens (including phenoxy) is 1. The lowest BCUT2D eigenvalue weighted by atomic mass is 9.66. The highest BCUT2D eigenvalue weighted by atomic mass is 16.5.